The van der Waals surface area contributed by atoms with Gasteiger partial charge in [-0.05, 0) is 20.3 Å². The Kier molecular flexibility index (Phi) is 10.2. The maximum absolute atomic E-state index is 11.3. The highest BCUT2D eigenvalue weighted by molar-refractivity contribution is 5.85. The number of carbonyl (C=O) groups excluding carboxylic acids is 1. The summed E-state index contributed by atoms with van der Waals surface area (Å²) in [5, 5.41) is 2.79. The lowest BCUT2D eigenvalue weighted by Gasteiger charge is -2.24. The number of hydrogen-bond acceptors (Lipinski definition) is 3. The fraction of sp³-hybridized carbons (Fsp3) is 0.900. The van der Waals surface area contributed by atoms with E-state index in [0.717, 1.165) is 12.8 Å². The van der Waals surface area contributed by atoms with E-state index in [2.05, 4.69) is 12.2 Å². The van der Waals surface area contributed by atoms with Gasteiger partial charge in [-0.2, -0.15) is 0 Å². The molecule has 0 radical (unpaired) electrons. The molecule has 0 aromatic carbocycles. The van der Waals surface area contributed by atoms with Gasteiger partial charge >= 0.3 is 0 Å². The molecule has 0 aliphatic rings. The van der Waals surface area contributed by atoms with E-state index >= 15 is 0 Å². The first-order valence-corrected chi connectivity index (χ1v) is 5.10. The van der Waals surface area contributed by atoms with Crippen molar-refractivity contribution in [2.24, 2.45) is 5.73 Å². The van der Waals surface area contributed by atoms with E-state index in [9.17, 15) is 4.79 Å². The van der Waals surface area contributed by atoms with E-state index in [0.29, 0.717) is 13.2 Å². The summed E-state index contributed by atoms with van der Waals surface area (Å²) in [6, 6.07) is 0. The highest BCUT2D eigenvalue weighted by atomic mass is 35.5. The molecule has 15 heavy (non-hydrogen) atoms. The number of ether oxygens (including phenoxy) is 1. The number of rotatable bonds is 7. The van der Waals surface area contributed by atoms with Crippen molar-refractivity contribution in [3.8, 4) is 0 Å². The van der Waals surface area contributed by atoms with Gasteiger partial charge in [0.25, 0.3) is 0 Å². The third-order valence-corrected chi connectivity index (χ3v) is 1.86. The van der Waals surface area contributed by atoms with Gasteiger partial charge in [-0.1, -0.05) is 13.3 Å². The number of unbranched alkanes of at least 4 members (excludes halogenated alkanes) is 1. The van der Waals surface area contributed by atoms with Gasteiger partial charge in [0.2, 0.25) is 5.91 Å². The summed E-state index contributed by atoms with van der Waals surface area (Å²) in [6.07, 6.45) is 2.07. The molecular weight excluding hydrogens is 216 g/mol. The predicted molar refractivity (Wildman–Crippen MR) is 64.3 cm³/mol. The monoisotopic (exact) mass is 238 g/mol. The molecule has 0 unspecified atom stereocenters. The molecule has 3 N–H and O–H groups in total. The lowest BCUT2D eigenvalue weighted by atomic mass is 10.1. The second-order valence-corrected chi connectivity index (χ2v) is 4.04. The van der Waals surface area contributed by atoms with Gasteiger partial charge in [0.05, 0.1) is 0 Å². The van der Waals surface area contributed by atoms with Crippen molar-refractivity contribution in [3.05, 3.63) is 0 Å². The van der Waals surface area contributed by atoms with E-state index < -0.39 is 0 Å². The number of carbonyl (C=O) groups is 1. The van der Waals surface area contributed by atoms with E-state index in [1.165, 1.54) is 0 Å². The summed E-state index contributed by atoms with van der Waals surface area (Å²) in [7, 11) is 0. The molecule has 0 saturated heterocycles. The van der Waals surface area contributed by atoms with Crippen LogP contribution < -0.4 is 11.1 Å². The Balaban J connectivity index is 0. The number of amides is 1. The lowest BCUT2D eigenvalue weighted by Crippen LogP contribution is -2.50. The van der Waals surface area contributed by atoms with Crippen LogP contribution in [0.2, 0.25) is 0 Å². The molecule has 0 aliphatic carbocycles. The Hall–Kier alpha value is -0.320. The summed E-state index contributed by atoms with van der Waals surface area (Å²) in [5.41, 5.74) is 5.13. The van der Waals surface area contributed by atoms with E-state index in [1.54, 1.807) is 0 Å². The average molecular weight is 239 g/mol. The highest BCUT2D eigenvalue weighted by Gasteiger charge is 2.17. The van der Waals surface area contributed by atoms with Crippen molar-refractivity contribution in [2.75, 3.05) is 19.8 Å². The molecule has 0 bridgehead atoms. The van der Waals surface area contributed by atoms with Gasteiger partial charge in [0, 0.05) is 18.7 Å². The van der Waals surface area contributed by atoms with Crippen molar-refractivity contribution < 1.29 is 9.53 Å². The smallest absolute Gasteiger partial charge is 0.246 e. The molecule has 4 nitrogen and oxygen atoms in total. The van der Waals surface area contributed by atoms with Crippen LogP contribution in [0.1, 0.15) is 33.6 Å². The van der Waals surface area contributed by atoms with Gasteiger partial charge in [0.15, 0.2) is 0 Å². The van der Waals surface area contributed by atoms with Gasteiger partial charge in [-0.15, -0.1) is 12.4 Å². The molecule has 0 rings (SSSR count). The maximum atomic E-state index is 11.3. The van der Waals surface area contributed by atoms with E-state index in [1.807, 2.05) is 13.8 Å². The number of nitrogens with one attached hydrogen (secondary N) is 1. The third kappa shape index (κ3) is 9.97. The van der Waals surface area contributed by atoms with Crippen LogP contribution in [0.3, 0.4) is 0 Å². The van der Waals surface area contributed by atoms with Crippen molar-refractivity contribution in [1.82, 2.24) is 5.32 Å². The molecular formula is C10H23ClN2O2. The minimum atomic E-state index is -0.342. The molecule has 0 aromatic rings. The second-order valence-electron chi connectivity index (χ2n) is 4.04. The molecule has 0 heterocycles. The van der Waals surface area contributed by atoms with Gasteiger partial charge in [-0.25, -0.2) is 0 Å². The van der Waals surface area contributed by atoms with Crippen molar-refractivity contribution in [2.45, 2.75) is 39.2 Å². The summed E-state index contributed by atoms with van der Waals surface area (Å²) in [5.74, 6) is -0.100. The highest BCUT2D eigenvalue weighted by Crippen LogP contribution is 1.97. The standard InChI is InChI=1S/C10H22N2O2.ClH/c1-4-5-6-14-7-9(13)12-10(2,3)8-11;/h4-8,11H2,1-3H3,(H,12,13);1H. The second kappa shape index (κ2) is 8.95. The first kappa shape index (κ1) is 17.1. The summed E-state index contributed by atoms with van der Waals surface area (Å²) in [6.45, 7) is 7.05. The Labute approximate surface area is 98.3 Å². The maximum Gasteiger partial charge on any atom is 0.246 e. The van der Waals surface area contributed by atoms with Crippen molar-refractivity contribution >= 4 is 18.3 Å². The van der Waals surface area contributed by atoms with Crippen LogP contribution in [0, 0.1) is 0 Å². The van der Waals surface area contributed by atoms with Gasteiger partial charge in [-0.3, -0.25) is 4.79 Å². The van der Waals surface area contributed by atoms with Crippen LogP contribution in [-0.2, 0) is 9.53 Å². The van der Waals surface area contributed by atoms with Gasteiger partial charge < -0.3 is 15.8 Å². The zero-order chi connectivity index (χ0) is 11.0. The topological polar surface area (TPSA) is 64.3 Å². The predicted octanol–water partition coefficient (Wildman–Crippen LogP) is 1.08. The molecule has 0 fully saturated rings. The zero-order valence-corrected chi connectivity index (χ0v) is 10.7. The molecule has 0 aromatic heterocycles. The number of hydrogen-bond donors (Lipinski definition) is 2. The zero-order valence-electron chi connectivity index (χ0n) is 9.84. The average Bonchev–Trinajstić information content (AvgIpc) is 2.12. The van der Waals surface area contributed by atoms with Crippen LogP contribution in [0.4, 0.5) is 0 Å². The fourth-order valence-electron chi connectivity index (χ4n) is 0.876. The summed E-state index contributed by atoms with van der Waals surface area (Å²) < 4.78 is 5.17. The number of nitrogens with two attached hydrogens (primary N) is 1. The quantitative estimate of drug-likeness (QED) is 0.653. The number of halogens is 1. The van der Waals surface area contributed by atoms with Crippen LogP contribution in [0.15, 0.2) is 0 Å². The van der Waals surface area contributed by atoms with Crippen LogP contribution >= 0.6 is 12.4 Å². The van der Waals surface area contributed by atoms with Gasteiger partial charge in [0.1, 0.15) is 6.61 Å². The largest absolute Gasteiger partial charge is 0.372 e. The first-order valence-electron chi connectivity index (χ1n) is 5.10. The van der Waals surface area contributed by atoms with Crippen LogP contribution in [0.5, 0.6) is 0 Å². The Morgan fingerprint density at radius 1 is 1.47 bits per heavy atom. The summed E-state index contributed by atoms with van der Waals surface area (Å²) in [4.78, 5) is 11.3. The van der Waals surface area contributed by atoms with Crippen molar-refractivity contribution in [3.63, 3.8) is 0 Å². The fourth-order valence-corrected chi connectivity index (χ4v) is 0.876. The van der Waals surface area contributed by atoms with Crippen LogP contribution in [-0.4, -0.2) is 31.2 Å². The summed E-state index contributed by atoms with van der Waals surface area (Å²) >= 11 is 0. The SMILES string of the molecule is CCCCOCC(=O)NC(C)(C)CN.Cl. The normalized spacial score (nSPS) is 10.7. The first-order chi connectivity index (χ1) is 6.52. The molecule has 0 saturated carbocycles. The molecule has 5 heteroatoms. The molecule has 1 amide bonds. The Morgan fingerprint density at radius 2 is 2.07 bits per heavy atom. The van der Waals surface area contributed by atoms with E-state index in [4.69, 9.17) is 10.5 Å². The molecule has 0 spiro atoms. The molecule has 92 valence electrons. The minimum absolute atomic E-state index is 0. The van der Waals surface area contributed by atoms with Crippen LogP contribution in [0.25, 0.3) is 0 Å². The van der Waals surface area contributed by atoms with Crippen molar-refractivity contribution in [1.29, 1.82) is 0 Å². The molecule has 0 aliphatic heterocycles. The minimum Gasteiger partial charge on any atom is -0.372 e. The Bertz CT molecular complexity index is 175. The van der Waals surface area contributed by atoms with E-state index in [-0.39, 0.29) is 30.5 Å². The lowest BCUT2D eigenvalue weighted by molar-refractivity contribution is -0.127. The third-order valence-electron chi connectivity index (χ3n) is 1.86. The Morgan fingerprint density at radius 3 is 2.53 bits per heavy atom. The molecule has 0 atom stereocenters.